The highest BCUT2D eigenvalue weighted by Crippen LogP contribution is 2.48. The third kappa shape index (κ3) is 4.14. The molecule has 0 spiro atoms. The number of esters is 1. The lowest BCUT2D eigenvalue weighted by Gasteiger charge is -2.35. The largest absolute Gasteiger partial charge is 0.465 e. The summed E-state index contributed by atoms with van der Waals surface area (Å²) in [6.07, 6.45) is 5.69. The SMILES string of the molecule is CCCn1c(=O)c2[nH]c(C3CC4CCC(C3)C4NCC(=O)OCC)nc2n(CCC)c1=O. The predicted octanol–water partition coefficient (Wildman–Crippen LogP) is 2.13. The Kier molecular flexibility index (Phi) is 6.83. The second-order valence-corrected chi connectivity index (χ2v) is 9.19. The monoisotopic (exact) mass is 445 g/mol. The van der Waals surface area contributed by atoms with Gasteiger partial charge in [0, 0.05) is 25.0 Å². The molecule has 2 atom stereocenters. The second kappa shape index (κ2) is 9.60. The van der Waals surface area contributed by atoms with Crippen LogP contribution >= 0.6 is 0 Å². The number of nitrogens with one attached hydrogen (secondary N) is 2. The molecule has 0 amide bonds. The van der Waals surface area contributed by atoms with Crippen molar-refractivity contribution in [3.05, 3.63) is 26.7 Å². The number of fused-ring (bicyclic) bond motifs is 3. The quantitative estimate of drug-likeness (QED) is 0.572. The van der Waals surface area contributed by atoms with Gasteiger partial charge < -0.3 is 15.0 Å². The first kappa shape index (κ1) is 22.8. The molecular formula is C23H35N5O4. The molecule has 0 aliphatic heterocycles. The topological polar surface area (TPSA) is 111 Å². The van der Waals surface area contributed by atoms with E-state index in [1.165, 1.54) is 4.57 Å². The van der Waals surface area contributed by atoms with Crippen LogP contribution in [0.2, 0.25) is 0 Å². The van der Waals surface area contributed by atoms with Crippen molar-refractivity contribution in [3.8, 4) is 0 Å². The maximum absolute atomic E-state index is 13.0. The van der Waals surface area contributed by atoms with E-state index in [-0.39, 0.29) is 29.7 Å². The van der Waals surface area contributed by atoms with E-state index in [2.05, 4.69) is 10.3 Å². The predicted molar refractivity (Wildman–Crippen MR) is 122 cm³/mol. The number of aromatic amines is 1. The molecule has 2 aromatic rings. The fourth-order valence-corrected chi connectivity index (χ4v) is 5.72. The van der Waals surface area contributed by atoms with E-state index in [4.69, 9.17) is 9.72 Å². The van der Waals surface area contributed by atoms with Crippen LogP contribution in [0.5, 0.6) is 0 Å². The summed E-state index contributed by atoms with van der Waals surface area (Å²) in [7, 11) is 0. The Morgan fingerprint density at radius 2 is 1.75 bits per heavy atom. The van der Waals surface area contributed by atoms with E-state index in [1.807, 2.05) is 20.8 Å². The van der Waals surface area contributed by atoms with Crippen LogP contribution in [0.3, 0.4) is 0 Å². The molecular weight excluding hydrogens is 410 g/mol. The van der Waals surface area contributed by atoms with Crippen LogP contribution < -0.4 is 16.6 Å². The molecule has 2 saturated carbocycles. The lowest BCUT2D eigenvalue weighted by Crippen LogP contribution is -2.44. The lowest BCUT2D eigenvalue weighted by atomic mass is 9.77. The van der Waals surface area contributed by atoms with Gasteiger partial charge in [-0.05, 0) is 57.3 Å². The molecule has 2 aliphatic rings. The summed E-state index contributed by atoms with van der Waals surface area (Å²) in [5.74, 6) is 1.77. The van der Waals surface area contributed by atoms with E-state index in [0.717, 1.165) is 44.3 Å². The molecule has 2 unspecified atom stereocenters. The minimum Gasteiger partial charge on any atom is -0.465 e. The van der Waals surface area contributed by atoms with Crippen LogP contribution in [0.15, 0.2) is 9.59 Å². The summed E-state index contributed by atoms with van der Waals surface area (Å²) in [5.41, 5.74) is 0.387. The molecule has 2 aliphatic carbocycles. The van der Waals surface area contributed by atoms with Crippen molar-refractivity contribution in [1.29, 1.82) is 0 Å². The number of carbonyl (C=O) groups is 1. The van der Waals surface area contributed by atoms with Crippen LogP contribution in [0.1, 0.15) is 71.0 Å². The number of H-pyrrole nitrogens is 1. The molecule has 2 aromatic heterocycles. The Bertz CT molecular complexity index is 1070. The van der Waals surface area contributed by atoms with Gasteiger partial charge >= 0.3 is 11.7 Å². The summed E-state index contributed by atoms with van der Waals surface area (Å²) in [4.78, 5) is 45.8. The van der Waals surface area contributed by atoms with E-state index in [9.17, 15) is 14.4 Å². The smallest absolute Gasteiger partial charge is 0.332 e. The highest BCUT2D eigenvalue weighted by Gasteiger charge is 2.43. The first-order chi connectivity index (χ1) is 15.5. The van der Waals surface area contributed by atoms with Crippen molar-refractivity contribution in [2.24, 2.45) is 11.8 Å². The van der Waals surface area contributed by atoms with Crippen LogP contribution in [-0.2, 0) is 22.6 Å². The number of hydrogen-bond donors (Lipinski definition) is 2. The van der Waals surface area contributed by atoms with Gasteiger partial charge in [0.15, 0.2) is 5.65 Å². The highest BCUT2D eigenvalue weighted by molar-refractivity contribution is 5.71. The fourth-order valence-electron chi connectivity index (χ4n) is 5.72. The van der Waals surface area contributed by atoms with E-state index in [1.54, 1.807) is 4.57 Å². The van der Waals surface area contributed by atoms with Gasteiger partial charge in [-0.2, -0.15) is 0 Å². The van der Waals surface area contributed by atoms with Crippen LogP contribution in [0.25, 0.3) is 11.2 Å². The molecule has 0 aromatic carbocycles. The van der Waals surface area contributed by atoms with Gasteiger partial charge in [0.25, 0.3) is 5.56 Å². The highest BCUT2D eigenvalue weighted by atomic mass is 16.5. The number of carbonyl (C=O) groups excluding carboxylic acids is 1. The minimum atomic E-state index is -0.272. The molecule has 2 heterocycles. The third-order valence-electron chi connectivity index (χ3n) is 7.05. The van der Waals surface area contributed by atoms with Gasteiger partial charge in [-0.1, -0.05) is 13.8 Å². The first-order valence-corrected chi connectivity index (χ1v) is 12.1. The molecule has 2 fully saturated rings. The van der Waals surface area contributed by atoms with E-state index >= 15 is 0 Å². The summed E-state index contributed by atoms with van der Waals surface area (Å²) in [5, 5.41) is 3.43. The number of aryl methyl sites for hydroxylation is 1. The Morgan fingerprint density at radius 3 is 2.38 bits per heavy atom. The Hall–Kier alpha value is -2.42. The van der Waals surface area contributed by atoms with Crippen molar-refractivity contribution in [2.75, 3.05) is 13.2 Å². The number of imidazole rings is 1. The normalized spacial score (nSPS) is 24.8. The number of rotatable bonds is 9. The number of ether oxygens (including phenoxy) is 1. The van der Waals surface area contributed by atoms with Gasteiger partial charge in [-0.15, -0.1) is 0 Å². The zero-order valence-corrected chi connectivity index (χ0v) is 19.4. The maximum atomic E-state index is 13.0. The number of nitrogens with zero attached hydrogens (tertiary/aromatic N) is 3. The molecule has 32 heavy (non-hydrogen) atoms. The lowest BCUT2D eigenvalue weighted by molar-refractivity contribution is -0.142. The van der Waals surface area contributed by atoms with Gasteiger partial charge in [-0.25, -0.2) is 9.78 Å². The molecule has 2 N–H and O–H groups in total. The Balaban J connectivity index is 1.59. The van der Waals surface area contributed by atoms with Crippen LogP contribution in [0.4, 0.5) is 0 Å². The van der Waals surface area contributed by atoms with Crippen molar-refractivity contribution in [1.82, 2.24) is 24.4 Å². The first-order valence-electron chi connectivity index (χ1n) is 12.1. The molecule has 4 rings (SSSR count). The molecule has 0 saturated heterocycles. The molecule has 2 bridgehead atoms. The standard InChI is InChI=1S/C23H35N5O4/c1-4-9-27-21-19(22(30)28(10-5-2)23(27)31)25-20(26-21)16-11-14-7-8-15(12-16)18(14)24-13-17(29)32-6-3/h14-16,18,24H,4-13H2,1-3H3,(H,25,26). The molecule has 176 valence electrons. The fraction of sp³-hybridized carbons (Fsp3) is 0.739. The van der Waals surface area contributed by atoms with Crippen molar-refractivity contribution in [3.63, 3.8) is 0 Å². The van der Waals surface area contributed by atoms with Gasteiger partial charge in [0.05, 0.1) is 13.2 Å². The molecule has 9 nitrogen and oxygen atoms in total. The zero-order valence-electron chi connectivity index (χ0n) is 19.4. The average Bonchev–Trinajstić information content (AvgIpc) is 3.31. The Labute approximate surface area is 187 Å². The van der Waals surface area contributed by atoms with Gasteiger partial charge in [0.2, 0.25) is 0 Å². The summed E-state index contributed by atoms with van der Waals surface area (Å²) in [6.45, 7) is 7.39. The number of hydrogen-bond acceptors (Lipinski definition) is 6. The summed E-state index contributed by atoms with van der Waals surface area (Å²) >= 11 is 0. The minimum absolute atomic E-state index is 0.205. The van der Waals surface area contributed by atoms with Crippen LogP contribution in [-0.4, -0.2) is 44.3 Å². The van der Waals surface area contributed by atoms with E-state index in [0.29, 0.717) is 48.7 Å². The van der Waals surface area contributed by atoms with Gasteiger partial charge in [0.1, 0.15) is 11.3 Å². The molecule has 0 radical (unpaired) electrons. The zero-order chi connectivity index (χ0) is 22.8. The summed E-state index contributed by atoms with van der Waals surface area (Å²) < 4.78 is 8.03. The van der Waals surface area contributed by atoms with Crippen molar-refractivity contribution < 1.29 is 9.53 Å². The Morgan fingerprint density at radius 1 is 1.09 bits per heavy atom. The average molecular weight is 446 g/mol. The van der Waals surface area contributed by atoms with Crippen molar-refractivity contribution >= 4 is 17.1 Å². The maximum Gasteiger partial charge on any atom is 0.332 e. The second-order valence-electron chi connectivity index (χ2n) is 9.19. The summed E-state index contributed by atoms with van der Waals surface area (Å²) in [6, 6.07) is 0.320. The number of aromatic nitrogens is 4. The third-order valence-corrected chi connectivity index (χ3v) is 7.05. The molecule has 9 heteroatoms. The van der Waals surface area contributed by atoms with Gasteiger partial charge in [-0.3, -0.25) is 18.7 Å². The van der Waals surface area contributed by atoms with Crippen LogP contribution in [0, 0.1) is 11.8 Å². The van der Waals surface area contributed by atoms with E-state index < -0.39 is 0 Å². The van der Waals surface area contributed by atoms with Crippen molar-refractivity contribution in [2.45, 2.75) is 84.3 Å².